The van der Waals surface area contributed by atoms with Crippen LogP contribution in [-0.4, -0.2) is 10.9 Å². The van der Waals surface area contributed by atoms with Crippen molar-refractivity contribution < 1.29 is 10.1 Å². The van der Waals surface area contributed by atoms with Crippen LogP contribution in [0.4, 0.5) is 0 Å². The molecule has 0 atom stereocenters. The summed E-state index contributed by atoms with van der Waals surface area (Å²) in [5.41, 5.74) is -0.354. The average Bonchev–Trinajstić information content (AvgIpc) is 2.07. The molecule has 0 aromatic rings. The molecule has 0 aromatic heterocycles. The summed E-state index contributed by atoms with van der Waals surface area (Å²) in [5.74, 6) is 0. The van der Waals surface area contributed by atoms with Crippen molar-refractivity contribution in [2.75, 3.05) is 0 Å². The maximum absolute atomic E-state index is 8.72. The number of hydrogen-bond acceptors (Lipinski definition) is 2. The minimum atomic E-state index is -0.354. The van der Waals surface area contributed by atoms with Gasteiger partial charge in [-0.15, -0.1) is 0 Å². The smallest absolute Gasteiger partial charge is 0.121 e. The van der Waals surface area contributed by atoms with Crippen LogP contribution < -0.4 is 0 Å². The van der Waals surface area contributed by atoms with Crippen LogP contribution in [0.25, 0.3) is 0 Å². The molecule has 64 valence electrons. The fraction of sp³-hybridized carbons (Fsp3) is 0.778. The molecule has 0 unspecified atom stereocenters. The summed E-state index contributed by atoms with van der Waals surface area (Å²) in [6, 6.07) is 0. The van der Waals surface area contributed by atoms with E-state index in [1.54, 1.807) is 0 Å². The van der Waals surface area contributed by atoms with Crippen LogP contribution in [0.15, 0.2) is 12.2 Å². The summed E-state index contributed by atoms with van der Waals surface area (Å²) in [6.07, 6.45) is 9.40. The highest BCUT2D eigenvalue weighted by atomic mass is 17.1. The summed E-state index contributed by atoms with van der Waals surface area (Å²) in [4.78, 5) is 4.53. The van der Waals surface area contributed by atoms with Crippen LogP contribution in [0.1, 0.15) is 39.0 Å². The summed E-state index contributed by atoms with van der Waals surface area (Å²) in [6.45, 7) is 1.95. The maximum Gasteiger partial charge on any atom is 0.121 e. The van der Waals surface area contributed by atoms with Crippen molar-refractivity contribution >= 4 is 0 Å². The Hall–Kier alpha value is -0.340. The van der Waals surface area contributed by atoms with Gasteiger partial charge in [0.1, 0.15) is 5.60 Å². The molecule has 0 spiro atoms. The van der Waals surface area contributed by atoms with Gasteiger partial charge in [0.15, 0.2) is 0 Å². The lowest BCUT2D eigenvalue weighted by molar-refractivity contribution is -0.314. The Labute approximate surface area is 67.8 Å². The maximum atomic E-state index is 8.72. The molecule has 1 saturated carbocycles. The summed E-state index contributed by atoms with van der Waals surface area (Å²) in [7, 11) is 0. The van der Waals surface area contributed by atoms with Gasteiger partial charge in [0.05, 0.1) is 0 Å². The van der Waals surface area contributed by atoms with E-state index >= 15 is 0 Å². The Morgan fingerprint density at radius 2 is 1.91 bits per heavy atom. The number of hydrogen-bond donors (Lipinski definition) is 1. The van der Waals surface area contributed by atoms with Gasteiger partial charge in [-0.2, -0.15) is 0 Å². The fourth-order valence-corrected chi connectivity index (χ4v) is 1.74. The zero-order valence-electron chi connectivity index (χ0n) is 7.05. The molecule has 1 aliphatic rings. The SMILES string of the molecule is CC=CC1(OO)CCCCC1. The number of allylic oxidation sites excluding steroid dienone is 1. The zero-order chi connectivity index (χ0) is 8.16. The Morgan fingerprint density at radius 3 is 2.36 bits per heavy atom. The molecule has 1 rings (SSSR count). The molecule has 0 heterocycles. The van der Waals surface area contributed by atoms with E-state index in [1.165, 1.54) is 6.42 Å². The highest BCUT2D eigenvalue weighted by molar-refractivity contribution is 5.01. The minimum Gasteiger partial charge on any atom is -0.251 e. The summed E-state index contributed by atoms with van der Waals surface area (Å²) in [5, 5.41) is 8.72. The zero-order valence-corrected chi connectivity index (χ0v) is 7.05. The Kier molecular flexibility index (Phi) is 3.09. The molecule has 2 heteroatoms. The van der Waals surface area contributed by atoms with Crippen molar-refractivity contribution in [2.24, 2.45) is 0 Å². The first-order valence-electron chi connectivity index (χ1n) is 4.29. The van der Waals surface area contributed by atoms with Crippen LogP contribution in [-0.2, 0) is 4.89 Å². The second kappa shape index (κ2) is 3.88. The van der Waals surface area contributed by atoms with Gasteiger partial charge < -0.3 is 0 Å². The lowest BCUT2D eigenvalue weighted by Gasteiger charge is -2.30. The first kappa shape index (κ1) is 8.75. The van der Waals surface area contributed by atoms with Crippen molar-refractivity contribution in [1.82, 2.24) is 0 Å². The van der Waals surface area contributed by atoms with Crippen LogP contribution >= 0.6 is 0 Å². The van der Waals surface area contributed by atoms with Crippen LogP contribution in [0.5, 0.6) is 0 Å². The Bertz CT molecular complexity index is 134. The largest absolute Gasteiger partial charge is 0.251 e. The van der Waals surface area contributed by atoms with E-state index in [9.17, 15) is 0 Å². The molecule has 1 fully saturated rings. The molecule has 0 bridgehead atoms. The molecule has 2 nitrogen and oxygen atoms in total. The molecule has 11 heavy (non-hydrogen) atoms. The first-order chi connectivity index (χ1) is 5.33. The molecule has 0 amide bonds. The first-order valence-corrected chi connectivity index (χ1v) is 4.29. The normalized spacial score (nSPS) is 24.2. The lowest BCUT2D eigenvalue weighted by Crippen LogP contribution is -2.31. The Morgan fingerprint density at radius 1 is 1.27 bits per heavy atom. The third-order valence-corrected chi connectivity index (χ3v) is 2.35. The molecular weight excluding hydrogens is 140 g/mol. The van der Waals surface area contributed by atoms with Crippen molar-refractivity contribution in [1.29, 1.82) is 0 Å². The monoisotopic (exact) mass is 156 g/mol. The topological polar surface area (TPSA) is 29.5 Å². The van der Waals surface area contributed by atoms with E-state index in [2.05, 4.69) is 4.89 Å². The quantitative estimate of drug-likeness (QED) is 0.378. The van der Waals surface area contributed by atoms with E-state index < -0.39 is 0 Å². The van der Waals surface area contributed by atoms with E-state index in [4.69, 9.17) is 5.26 Å². The second-order valence-corrected chi connectivity index (χ2v) is 3.22. The second-order valence-electron chi connectivity index (χ2n) is 3.22. The highest BCUT2D eigenvalue weighted by Gasteiger charge is 2.30. The average molecular weight is 156 g/mol. The van der Waals surface area contributed by atoms with Crippen molar-refractivity contribution in [2.45, 2.75) is 44.6 Å². The van der Waals surface area contributed by atoms with E-state index in [1.807, 2.05) is 19.1 Å². The standard InChI is InChI=1S/C9H16O2/c1-2-6-9(11-10)7-4-3-5-8-9/h2,6,10H,3-5,7-8H2,1H3. The third kappa shape index (κ3) is 2.04. The van der Waals surface area contributed by atoms with Crippen LogP contribution in [0.2, 0.25) is 0 Å². The predicted octanol–water partition coefficient (Wildman–Crippen LogP) is 2.76. The van der Waals surface area contributed by atoms with Gasteiger partial charge in [-0.3, -0.25) is 5.26 Å². The van der Waals surface area contributed by atoms with Gasteiger partial charge in [0.25, 0.3) is 0 Å². The molecule has 0 radical (unpaired) electrons. The van der Waals surface area contributed by atoms with Crippen molar-refractivity contribution in [3.8, 4) is 0 Å². The predicted molar refractivity (Wildman–Crippen MR) is 44.3 cm³/mol. The van der Waals surface area contributed by atoms with Gasteiger partial charge in [0.2, 0.25) is 0 Å². The lowest BCUT2D eigenvalue weighted by atomic mass is 9.85. The van der Waals surface area contributed by atoms with Crippen molar-refractivity contribution in [3.05, 3.63) is 12.2 Å². The molecule has 0 aromatic carbocycles. The van der Waals surface area contributed by atoms with Gasteiger partial charge in [-0.25, -0.2) is 4.89 Å². The number of rotatable bonds is 2. The minimum absolute atomic E-state index is 0.354. The van der Waals surface area contributed by atoms with E-state index in [0.29, 0.717) is 0 Å². The van der Waals surface area contributed by atoms with Crippen molar-refractivity contribution in [3.63, 3.8) is 0 Å². The highest BCUT2D eigenvalue weighted by Crippen LogP contribution is 2.31. The molecule has 1 N–H and O–H groups in total. The van der Waals surface area contributed by atoms with Crippen LogP contribution in [0, 0.1) is 0 Å². The summed E-state index contributed by atoms with van der Waals surface area (Å²) >= 11 is 0. The van der Waals surface area contributed by atoms with Crippen LogP contribution in [0.3, 0.4) is 0 Å². The molecule has 0 aliphatic heterocycles. The van der Waals surface area contributed by atoms with Gasteiger partial charge in [0, 0.05) is 0 Å². The Balaban J connectivity index is 2.56. The van der Waals surface area contributed by atoms with Gasteiger partial charge in [-0.05, 0) is 19.8 Å². The van der Waals surface area contributed by atoms with Gasteiger partial charge >= 0.3 is 0 Å². The van der Waals surface area contributed by atoms with E-state index in [-0.39, 0.29) is 5.60 Å². The fourth-order valence-electron chi connectivity index (χ4n) is 1.74. The molecule has 1 aliphatic carbocycles. The third-order valence-electron chi connectivity index (χ3n) is 2.35. The van der Waals surface area contributed by atoms with E-state index in [0.717, 1.165) is 25.7 Å². The summed E-state index contributed by atoms with van der Waals surface area (Å²) < 4.78 is 0. The van der Waals surface area contributed by atoms with Gasteiger partial charge in [-0.1, -0.05) is 31.4 Å². The molecule has 0 saturated heterocycles. The molecular formula is C9H16O2.